The molecule has 1 atom stereocenters. The number of hydrogen-bond acceptors (Lipinski definition) is 1. The quantitative estimate of drug-likeness (QED) is 0.786. The number of rotatable bonds is 2. The predicted molar refractivity (Wildman–Crippen MR) is 71.6 cm³/mol. The van der Waals surface area contributed by atoms with E-state index in [1.54, 1.807) is 0 Å². The molecule has 1 nitrogen and oxygen atoms in total. The molecular weight excluding hydrogens is 338 g/mol. The number of hydrogen-bond donors (Lipinski definition) is 1. The van der Waals surface area contributed by atoms with Gasteiger partial charge in [0.2, 0.25) is 0 Å². The minimum absolute atomic E-state index is 0.261. The molecule has 0 aliphatic carbocycles. The van der Waals surface area contributed by atoms with Crippen LogP contribution in [0.4, 0.5) is 17.6 Å². The van der Waals surface area contributed by atoms with Gasteiger partial charge >= 0.3 is 6.18 Å². The monoisotopic (exact) mass is 347 g/mol. The number of alkyl halides is 3. The fourth-order valence-electron chi connectivity index (χ4n) is 1.78. The maximum Gasteiger partial charge on any atom is 0.416 e. The van der Waals surface area contributed by atoms with E-state index in [2.05, 4.69) is 15.9 Å². The summed E-state index contributed by atoms with van der Waals surface area (Å²) in [6.45, 7) is 0. The van der Waals surface area contributed by atoms with Crippen LogP contribution in [0.5, 0.6) is 0 Å². The molecule has 0 bridgehead atoms. The summed E-state index contributed by atoms with van der Waals surface area (Å²) in [5.74, 6) is -0.423. The first-order valence-electron chi connectivity index (χ1n) is 5.66. The van der Waals surface area contributed by atoms with E-state index in [9.17, 15) is 17.6 Å². The molecule has 0 amide bonds. The Morgan fingerprint density at radius 1 is 0.950 bits per heavy atom. The van der Waals surface area contributed by atoms with Crippen LogP contribution in [0.3, 0.4) is 0 Å². The third-order valence-corrected chi connectivity index (χ3v) is 3.51. The van der Waals surface area contributed by atoms with Crippen LogP contribution in [-0.2, 0) is 6.18 Å². The smallest absolute Gasteiger partial charge is 0.320 e. The van der Waals surface area contributed by atoms with Gasteiger partial charge in [-0.3, -0.25) is 0 Å². The Balaban J connectivity index is 2.29. The molecule has 0 aliphatic rings. The van der Waals surface area contributed by atoms with Crippen molar-refractivity contribution in [3.8, 4) is 0 Å². The van der Waals surface area contributed by atoms with Gasteiger partial charge in [-0.1, -0.05) is 18.2 Å². The Morgan fingerprint density at radius 2 is 1.50 bits per heavy atom. The minimum atomic E-state index is -4.37. The molecular formula is C14H10BrF4N. The van der Waals surface area contributed by atoms with E-state index in [0.29, 0.717) is 11.1 Å². The summed E-state index contributed by atoms with van der Waals surface area (Å²) >= 11 is 3.05. The molecule has 1 unspecified atom stereocenters. The third kappa shape index (κ3) is 3.19. The second kappa shape index (κ2) is 5.54. The summed E-state index contributed by atoms with van der Waals surface area (Å²) in [7, 11) is 0. The van der Waals surface area contributed by atoms with Gasteiger partial charge in [0.05, 0.1) is 16.1 Å². The zero-order valence-electron chi connectivity index (χ0n) is 10.1. The molecule has 2 aromatic rings. The zero-order chi connectivity index (χ0) is 14.9. The third-order valence-electron chi connectivity index (χ3n) is 2.90. The van der Waals surface area contributed by atoms with Crippen LogP contribution in [0.2, 0.25) is 0 Å². The first-order chi connectivity index (χ1) is 9.29. The van der Waals surface area contributed by atoms with Gasteiger partial charge in [-0.2, -0.15) is 13.2 Å². The molecule has 0 aromatic heterocycles. The van der Waals surface area contributed by atoms with Gasteiger partial charge in [0.15, 0.2) is 0 Å². The summed E-state index contributed by atoms with van der Waals surface area (Å²) < 4.78 is 50.8. The molecule has 0 saturated heterocycles. The lowest BCUT2D eigenvalue weighted by molar-refractivity contribution is -0.137. The fourth-order valence-corrected chi connectivity index (χ4v) is 2.17. The van der Waals surface area contributed by atoms with E-state index in [4.69, 9.17) is 5.73 Å². The number of nitrogens with two attached hydrogens (primary N) is 1. The van der Waals surface area contributed by atoms with Crippen LogP contribution in [0, 0.1) is 5.82 Å². The van der Waals surface area contributed by atoms with E-state index >= 15 is 0 Å². The summed E-state index contributed by atoms with van der Waals surface area (Å²) in [4.78, 5) is 0. The van der Waals surface area contributed by atoms with Crippen LogP contribution in [0.15, 0.2) is 46.9 Å². The van der Waals surface area contributed by atoms with Crippen LogP contribution in [0.25, 0.3) is 0 Å². The molecule has 2 N–H and O–H groups in total. The predicted octanol–water partition coefficient (Wildman–Crippen LogP) is 4.66. The molecule has 0 spiro atoms. The van der Waals surface area contributed by atoms with Gasteiger partial charge < -0.3 is 5.73 Å². The maximum atomic E-state index is 13.1. The molecule has 0 aliphatic heterocycles. The Hall–Kier alpha value is -1.40. The fraction of sp³-hybridized carbons (Fsp3) is 0.143. The summed E-state index contributed by atoms with van der Waals surface area (Å²) in [5.41, 5.74) is 6.38. The highest BCUT2D eigenvalue weighted by molar-refractivity contribution is 9.10. The highest BCUT2D eigenvalue weighted by Crippen LogP contribution is 2.31. The maximum absolute atomic E-state index is 13.1. The normalized spacial score (nSPS) is 13.3. The number of halogens is 5. The van der Waals surface area contributed by atoms with Crippen molar-refractivity contribution in [1.29, 1.82) is 0 Å². The molecule has 0 fully saturated rings. The van der Waals surface area contributed by atoms with Gasteiger partial charge in [0.25, 0.3) is 0 Å². The molecule has 2 aromatic carbocycles. The van der Waals surface area contributed by atoms with Crippen LogP contribution < -0.4 is 5.73 Å². The lowest BCUT2D eigenvalue weighted by Crippen LogP contribution is -2.13. The lowest BCUT2D eigenvalue weighted by atomic mass is 9.98. The molecule has 6 heteroatoms. The zero-order valence-corrected chi connectivity index (χ0v) is 11.7. The minimum Gasteiger partial charge on any atom is -0.320 e. The molecule has 0 radical (unpaired) electrons. The van der Waals surface area contributed by atoms with E-state index in [1.807, 2.05) is 0 Å². The highest BCUT2D eigenvalue weighted by atomic mass is 79.9. The molecule has 0 heterocycles. The Kier molecular flexibility index (Phi) is 4.15. The van der Waals surface area contributed by atoms with Crippen LogP contribution in [-0.4, -0.2) is 0 Å². The first kappa shape index (κ1) is 15.0. The average molecular weight is 348 g/mol. The van der Waals surface area contributed by atoms with Crippen molar-refractivity contribution in [2.75, 3.05) is 0 Å². The topological polar surface area (TPSA) is 26.0 Å². The van der Waals surface area contributed by atoms with Gasteiger partial charge in [-0.25, -0.2) is 4.39 Å². The van der Waals surface area contributed by atoms with E-state index in [0.717, 1.165) is 12.1 Å². The standard InChI is InChI=1S/C14H10BrF4N/c15-11-7-9(3-6-12(11)16)13(20)8-1-4-10(5-2-8)14(17,18)19/h1-7,13H,20H2. The largest absolute Gasteiger partial charge is 0.416 e. The van der Waals surface area contributed by atoms with Crippen molar-refractivity contribution in [1.82, 2.24) is 0 Å². The summed E-state index contributed by atoms with van der Waals surface area (Å²) in [6.07, 6.45) is -4.37. The second-order valence-electron chi connectivity index (χ2n) is 4.27. The van der Waals surface area contributed by atoms with Gasteiger partial charge in [-0.05, 0) is 51.3 Å². The van der Waals surface area contributed by atoms with E-state index in [-0.39, 0.29) is 4.47 Å². The molecule has 2 rings (SSSR count). The van der Waals surface area contributed by atoms with Crippen molar-refractivity contribution >= 4 is 15.9 Å². The summed E-state index contributed by atoms with van der Waals surface area (Å²) in [5, 5.41) is 0. The van der Waals surface area contributed by atoms with Crippen molar-refractivity contribution in [2.45, 2.75) is 12.2 Å². The van der Waals surface area contributed by atoms with Crippen molar-refractivity contribution in [3.63, 3.8) is 0 Å². The van der Waals surface area contributed by atoms with Gasteiger partial charge in [0, 0.05) is 0 Å². The molecule has 106 valence electrons. The molecule has 0 saturated carbocycles. The molecule has 20 heavy (non-hydrogen) atoms. The highest BCUT2D eigenvalue weighted by Gasteiger charge is 2.30. The van der Waals surface area contributed by atoms with E-state index < -0.39 is 23.6 Å². The first-order valence-corrected chi connectivity index (χ1v) is 6.46. The van der Waals surface area contributed by atoms with Crippen LogP contribution in [0.1, 0.15) is 22.7 Å². The van der Waals surface area contributed by atoms with Gasteiger partial charge in [-0.15, -0.1) is 0 Å². The van der Waals surface area contributed by atoms with Crippen LogP contribution >= 0.6 is 15.9 Å². The van der Waals surface area contributed by atoms with Crippen molar-refractivity contribution in [3.05, 3.63) is 69.4 Å². The Labute approximate surface area is 121 Å². The van der Waals surface area contributed by atoms with Crippen molar-refractivity contribution in [2.24, 2.45) is 5.73 Å². The summed E-state index contributed by atoms with van der Waals surface area (Å²) in [6, 6.07) is 8.26. The Morgan fingerprint density at radius 3 is 2.00 bits per heavy atom. The number of benzene rings is 2. The average Bonchev–Trinajstić information content (AvgIpc) is 2.40. The van der Waals surface area contributed by atoms with Crippen molar-refractivity contribution < 1.29 is 17.6 Å². The second-order valence-corrected chi connectivity index (χ2v) is 5.13. The van der Waals surface area contributed by atoms with E-state index in [1.165, 1.54) is 30.3 Å². The SMILES string of the molecule is NC(c1ccc(C(F)(F)F)cc1)c1ccc(F)c(Br)c1. The Bertz CT molecular complexity index is 608. The van der Waals surface area contributed by atoms with Gasteiger partial charge in [0.1, 0.15) is 5.82 Å². The lowest BCUT2D eigenvalue weighted by Gasteiger charge is -2.14.